The van der Waals surface area contributed by atoms with Crippen LogP contribution in [0.1, 0.15) is 38.7 Å². The molecule has 6 nitrogen and oxygen atoms in total. The van der Waals surface area contributed by atoms with Crippen molar-refractivity contribution >= 4 is 23.5 Å². The number of carbonyl (C=O) groups excluding carboxylic acids is 2. The summed E-state index contributed by atoms with van der Waals surface area (Å²) in [4.78, 5) is 27.7. The number of rotatable bonds is 5. The molecule has 0 bridgehead atoms. The van der Waals surface area contributed by atoms with Gasteiger partial charge in [0.25, 0.3) is 0 Å². The number of ether oxygens (including phenoxy) is 1. The number of nitrogens with zero attached hydrogens (tertiary/aromatic N) is 1. The van der Waals surface area contributed by atoms with E-state index in [0.717, 1.165) is 18.4 Å². The van der Waals surface area contributed by atoms with Crippen LogP contribution in [0.3, 0.4) is 0 Å². The van der Waals surface area contributed by atoms with Crippen LogP contribution in [-0.4, -0.2) is 48.6 Å². The number of amides is 1. The highest BCUT2D eigenvalue weighted by Crippen LogP contribution is 2.36. The fourth-order valence-corrected chi connectivity index (χ4v) is 4.33. The predicted octanol–water partition coefficient (Wildman–Crippen LogP) is 2.31. The first-order valence-electron chi connectivity index (χ1n) is 9.65. The summed E-state index contributed by atoms with van der Waals surface area (Å²) in [6.45, 7) is 5.23. The molecule has 1 amide bonds. The van der Waals surface area contributed by atoms with Crippen molar-refractivity contribution < 1.29 is 14.3 Å². The summed E-state index contributed by atoms with van der Waals surface area (Å²) in [5.74, 6) is -0.181. The molecule has 7 heteroatoms. The Morgan fingerprint density at radius 3 is 2.85 bits per heavy atom. The van der Waals surface area contributed by atoms with Crippen LogP contribution >= 0.6 is 11.6 Å². The van der Waals surface area contributed by atoms with Gasteiger partial charge in [0.2, 0.25) is 5.91 Å². The predicted molar refractivity (Wildman–Crippen MR) is 104 cm³/mol. The summed E-state index contributed by atoms with van der Waals surface area (Å²) in [6, 6.07) is 7.57. The van der Waals surface area contributed by atoms with E-state index in [1.54, 1.807) is 0 Å². The van der Waals surface area contributed by atoms with Gasteiger partial charge in [-0.05, 0) is 57.2 Å². The van der Waals surface area contributed by atoms with E-state index >= 15 is 0 Å². The fraction of sp³-hybridized carbons (Fsp3) is 0.600. The minimum Gasteiger partial charge on any atom is -0.466 e. The minimum absolute atomic E-state index is 0.0475. The molecule has 1 aromatic carbocycles. The Labute approximate surface area is 165 Å². The van der Waals surface area contributed by atoms with Crippen molar-refractivity contribution in [1.29, 1.82) is 0 Å². The van der Waals surface area contributed by atoms with Gasteiger partial charge < -0.3 is 9.64 Å². The molecular weight excluding hydrogens is 366 g/mol. The number of halogens is 1. The molecule has 2 aliphatic heterocycles. The molecule has 3 atom stereocenters. The van der Waals surface area contributed by atoms with Crippen LogP contribution in [0.5, 0.6) is 0 Å². The van der Waals surface area contributed by atoms with Crippen molar-refractivity contribution in [3.8, 4) is 0 Å². The Balaban J connectivity index is 1.81. The third-order valence-corrected chi connectivity index (χ3v) is 5.65. The average molecular weight is 394 g/mol. The van der Waals surface area contributed by atoms with Crippen LogP contribution < -0.4 is 10.9 Å². The number of benzene rings is 1. The quantitative estimate of drug-likeness (QED) is 0.751. The summed E-state index contributed by atoms with van der Waals surface area (Å²) in [6.07, 6.45) is 2.74. The zero-order valence-corrected chi connectivity index (χ0v) is 16.7. The number of likely N-dealkylation sites (tertiary alicyclic amines) is 1. The highest BCUT2D eigenvalue weighted by atomic mass is 35.5. The second-order valence-electron chi connectivity index (χ2n) is 7.65. The Morgan fingerprint density at radius 1 is 1.37 bits per heavy atom. The zero-order chi connectivity index (χ0) is 19.4. The molecule has 2 aliphatic rings. The van der Waals surface area contributed by atoms with E-state index in [1.807, 2.05) is 43.0 Å². The molecule has 27 heavy (non-hydrogen) atoms. The maximum atomic E-state index is 13.0. The fourth-order valence-electron chi connectivity index (χ4n) is 4.12. The standard InChI is InChI=1S/C20H28ClN3O3/c1-3-27-19(26)20(12-15-6-4-7-16(21)11-15)8-5-9-24(13-20)18(25)17-10-14(2)22-23-17/h4,6-7,11,14,17,22-23H,3,5,8-10,12-13H2,1-2H3. The van der Waals surface area contributed by atoms with Crippen LogP contribution in [0, 0.1) is 5.41 Å². The van der Waals surface area contributed by atoms with Gasteiger partial charge in [-0.15, -0.1) is 0 Å². The maximum absolute atomic E-state index is 13.0. The van der Waals surface area contributed by atoms with E-state index in [-0.39, 0.29) is 24.0 Å². The van der Waals surface area contributed by atoms with Gasteiger partial charge >= 0.3 is 5.97 Å². The number of piperidine rings is 1. The zero-order valence-electron chi connectivity index (χ0n) is 16.0. The van der Waals surface area contributed by atoms with Crippen molar-refractivity contribution in [2.24, 2.45) is 5.41 Å². The lowest BCUT2D eigenvalue weighted by molar-refractivity contribution is -0.161. The lowest BCUT2D eigenvalue weighted by Crippen LogP contribution is -2.55. The highest BCUT2D eigenvalue weighted by Gasteiger charge is 2.46. The monoisotopic (exact) mass is 393 g/mol. The van der Waals surface area contributed by atoms with Crippen LogP contribution in [-0.2, 0) is 20.7 Å². The van der Waals surface area contributed by atoms with E-state index in [9.17, 15) is 9.59 Å². The summed E-state index contributed by atoms with van der Waals surface area (Å²) in [5.41, 5.74) is 6.42. The Bertz CT molecular complexity index is 699. The van der Waals surface area contributed by atoms with Crippen LogP contribution in [0.4, 0.5) is 0 Å². The summed E-state index contributed by atoms with van der Waals surface area (Å²) in [7, 11) is 0. The van der Waals surface area contributed by atoms with Crippen LogP contribution in [0.15, 0.2) is 24.3 Å². The number of esters is 1. The van der Waals surface area contributed by atoms with Crippen molar-refractivity contribution in [2.45, 2.75) is 51.6 Å². The average Bonchev–Trinajstić information content (AvgIpc) is 3.08. The van der Waals surface area contributed by atoms with Gasteiger partial charge in [0.05, 0.1) is 12.0 Å². The third-order valence-electron chi connectivity index (χ3n) is 5.42. The van der Waals surface area contributed by atoms with E-state index in [1.165, 1.54) is 0 Å². The molecule has 3 rings (SSSR count). The van der Waals surface area contributed by atoms with Gasteiger partial charge in [-0.25, -0.2) is 5.43 Å². The number of carbonyl (C=O) groups is 2. The Kier molecular flexibility index (Phi) is 6.40. The van der Waals surface area contributed by atoms with Gasteiger partial charge in [-0.2, -0.15) is 0 Å². The molecule has 0 radical (unpaired) electrons. The molecule has 2 heterocycles. The normalized spacial score (nSPS) is 28.2. The molecule has 0 saturated carbocycles. The summed E-state index contributed by atoms with van der Waals surface area (Å²) in [5, 5.41) is 0.644. The molecular formula is C20H28ClN3O3. The van der Waals surface area contributed by atoms with Crippen molar-refractivity contribution in [3.63, 3.8) is 0 Å². The number of hydrogen-bond acceptors (Lipinski definition) is 5. The molecule has 0 aliphatic carbocycles. The summed E-state index contributed by atoms with van der Waals surface area (Å²) >= 11 is 6.13. The topological polar surface area (TPSA) is 70.7 Å². The molecule has 3 unspecified atom stereocenters. The molecule has 2 fully saturated rings. The maximum Gasteiger partial charge on any atom is 0.314 e. The number of hydrogen-bond donors (Lipinski definition) is 2. The van der Waals surface area contributed by atoms with Crippen molar-refractivity contribution in [2.75, 3.05) is 19.7 Å². The lowest BCUT2D eigenvalue weighted by atomic mass is 9.75. The first-order chi connectivity index (χ1) is 12.9. The highest BCUT2D eigenvalue weighted by molar-refractivity contribution is 6.30. The Morgan fingerprint density at radius 2 is 2.19 bits per heavy atom. The largest absolute Gasteiger partial charge is 0.466 e. The van der Waals surface area contributed by atoms with Gasteiger partial charge in [-0.3, -0.25) is 15.0 Å². The van der Waals surface area contributed by atoms with Gasteiger partial charge in [-0.1, -0.05) is 23.7 Å². The summed E-state index contributed by atoms with van der Waals surface area (Å²) < 4.78 is 5.42. The van der Waals surface area contributed by atoms with E-state index in [4.69, 9.17) is 16.3 Å². The van der Waals surface area contributed by atoms with E-state index in [2.05, 4.69) is 10.9 Å². The Hall–Kier alpha value is -1.63. The second-order valence-corrected chi connectivity index (χ2v) is 8.09. The minimum atomic E-state index is -0.730. The molecule has 2 N–H and O–H groups in total. The van der Waals surface area contributed by atoms with Crippen LogP contribution in [0.25, 0.3) is 0 Å². The smallest absolute Gasteiger partial charge is 0.314 e. The van der Waals surface area contributed by atoms with E-state index in [0.29, 0.717) is 37.6 Å². The van der Waals surface area contributed by atoms with E-state index < -0.39 is 5.41 Å². The molecule has 0 spiro atoms. The molecule has 0 aromatic heterocycles. The SMILES string of the molecule is CCOC(=O)C1(Cc2cccc(Cl)c2)CCCN(C(=O)C2CC(C)NN2)C1. The first-order valence-corrected chi connectivity index (χ1v) is 10.0. The number of nitrogens with one attached hydrogen (secondary N) is 2. The third kappa shape index (κ3) is 4.62. The molecule has 2 saturated heterocycles. The number of hydrazine groups is 1. The van der Waals surface area contributed by atoms with Crippen molar-refractivity contribution in [3.05, 3.63) is 34.9 Å². The van der Waals surface area contributed by atoms with Gasteiger partial charge in [0, 0.05) is 24.2 Å². The molecule has 148 valence electrons. The van der Waals surface area contributed by atoms with Gasteiger partial charge in [0.1, 0.15) is 6.04 Å². The van der Waals surface area contributed by atoms with Gasteiger partial charge in [0.15, 0.2) is 0 Å². The van der Waals surface area contributed by atoms with Crippen molar-refractivity contribution in [1.82, 2.24) is 15.8 Å². The lowest BCUT2D eigenvalue weighted by Gasteiger charge is -2.41. The first kappa shape index (κ1) is 20.1. The molecule has 1 aromatic rings. The van der Waals surface area contributed by atoms with Crippen LogP contribution in [0.2, 0.25) is 5.02 Å². The second kappa shape index (κ2) is 8.59.